The van der Waals surface area contributed by atoms with E-state index >= 15 is 0 Å². The summed E-state index contributed by atoms with van der Waals surface area (Å²) >= 11 is 7.25. The third-order valence-electron chi connectivity index (χ3n) is 4.51. The zero-order chi connectivity index (χ0) is 20.4. The fourth-order valence-electron chi connectivity index (χ4n) is 3.18. The maximum atomic E-state index is 13.0. The average Bonchev–Trinajstić information content (AvgIpc) is 3.35. The van der Waals surface area contributed by atoms with Crippen LogP contribution in [0, 0.1) is 0 Å². The van der Waals surface area contributed by atoms with Gasteiger partial charge in [-0.15, -0.1) is 11.3 Å². The molecular formula is C22H15ClN2O3S. The number of amides is 1. The summed E-state index contributed by atoms with van der Waals surface area (Å²) in [6, 6.07) is 15.3. The summed E-state index contributed by atoms with van der Waals surface area (Å²) in [6.45, 7) is 0. The summed E-state index contributed by atoms with van der Waals surface area (Å²) in [5.74, 6) is -1.67. The first kappa shape index (κ1) is 19.1. The Bertz CT molecular complexity index is 1110. The molecule has 1 atom stereocenters. The molecule has 5 nitrogen and oxygen atoms in total. The fourth-order valence-corrected chi connectivity index (χ4v) is 3.97. The number of benzene rings is 2. The van der Waals surface area contributed by atoms with Gasteiger partial charge in [-0.25, -0.2) is 4.98 Å². The molecule has 0 saturated carbocycles. The molecule has 1 N–H and O–H groups in total. The number of rotatable bonds is 5. The Morgan fingerprint density at radius 3 is 2.52 bits per heavy atom. The molecule has 0 spiro atoms. The summed E-state index contributed by atoms with van der Waals surface area (Å²) in [7, 11) is 0. The van der Waals surface area contributed by atoms with Crippen LogP contribution in [-0.4, -0.2) is 21.8 Å². The van der Waals surface area contributed by atoms with Crippen molar-refractivity contribution < 1.29 is 14.7 Å². The standard InChI is InChI=1S/C22H15ClN2O3S/c23-16-9-7-15(8-10-16)19-18(17(26)11-6-14-4-2-1-3-5-14)20(27)21(28)25(19)22-24-12-13-29-22/h1-13,19,27H/b11-6+. The Morgan fingerprint density at radius 1 is 1.14 bits per heavy atom. The number of ketones is 1. The molecule has 3 aromatic rings. The summed E-state index contributed by atoms with van der Waals surface area (Å²) < 4.78 is 0. The smallest absolute Gasteiger partial charge is 0.296 e. The number of hydrogen-bond donors (Lipinski definition) is 1. The largest absolute Gasteiger partial charge is 0.503 e. The number of anilines is 1. The first-order chi connectivity index (χ1) is 14.1. The third-order valence-corrected chi connectivity index (χ3v) is 5.53. The molecule has 144 valence electrons. The van der Waals surface area contributed by atoms with Crippen molar-refractivity contribution in [2.24, 2.45) is 0 Å². The lowest BCUT2D eigenvalue weighted by molar-refractivity contribution is -0.117. The van der Waals surface area contributed by atoms with Crippen molar-refractivity contribution in [3.05, 3.63) is 99.7 Å². The van der Waals surface area contributed by atoms with Gasteiger partial charge in [0.15, 0.2) is 16.7 Å². The van der Waals surface area contributed by atoms with Crippen molar-refractivity contribution in [1.82, 2.24) is 4.98 Å². The number of halogens is 1. The van der Waals surface area contributed by atoms with E-state index < -0.39 is 23.5 Å². The maximum absolute atomic E-state index is 13.0. The van der Waals surface area contributed by atoms with Crippen molar-refractivity contribution in [2.45, 2.75) is 6.04 Å². The molecule has 1 amide bonds. The molecule has 0 radical (unpaired) electrons. The monoisotopic (exact) mass is 422 g/mol. The Labute approximate surface area is 176 Å². The predicted molar refractivity (Wildman–Crippen MR) is 114 cm³/mol. The number of aliphatic hydroxyl groups is 1. The van der Waals surface area contributed by atoms with E-state index in [1.807, 2.05) is 30.3 Å². The number of carbonyl (C=O) groups excluding carboxylic acids is 2. The lowest BCUT2D eigenvalue weighted by Crippen LogP contribution is -2.30. The van der Waals surface area contributed by atoms with Gasteiger partial charge >= 0.3 is 0 Å². The minimum atomic E-state index is -0.793. The number of allylic oxidation sites excluding steroid dienone is 1. The minimum absolute atomic E-state index is 0.0136. The summed E-state index contributed by atoms with van der Waals surface area (Å²) in [4.78, 5) is 31.4. The van der Waals surface area contributed by atoms with E-state index in [-0.39, 0.29) is 5.57 Å². The summed E-state index contributed by atoms with van der Waals surface area (Å²) in [5.41, 5.74) is 1.50. The van der Waals surface area contributed by atoms with Gasteiger partial charge < -0.3 is 5.11 Å². The predicted octanol–water partition coefficient (Wildman–Crippen LogP) is 4.98. The molecule has 2 heterocycles. The second-order valence-corrected chi connectivity index (χ2v) is 7.62. The van der Waals surface area contributed by atoms with Crippen LogP contribution in [0.15, 0.2) is 83.6 Å². The van der Waals surface area contributed by atoms with Crippen molar-refractivity contribution in [3.63, 3.8) is 0 Å². The Hall–Kier alpha value is -3.22. The average molecular weight is 423 g/mol. The van der Waals surface area contributed by atoms with E-state index in [0.717, 1.165) is 5.56 Å². The van der Waals surface area contributed by atoms with Crippen LogP contribution in [0.4, 0.5) is 5.13 Å². The van der Waals surface area contributed by atoms with E-state index in [2.05, 4.69) is 4.98 Å². The van der Waals surface area contributed by atoms with Gasteiger partial charge in [-0.1, -0.05) is 60.1 Å². The van der Waals surface area contributed by atoms with Gasteiger partial charge in [0.2, 0.25) is 0 Å². The van der Waals surface area contributed by atoms with Crippen LogP contribution in [0.25, 0.3) is 6.08 Å². The third kappa shape index (κ3) is 3.72. The number of aromatic nitrogens is 1. The van der Waals surface area contributed by atoms with Gasteiger partial charge in [0.05, 0.1) is 11.6 Å². The topological polar surface area (TPSA) is 70.5 Å². The highest BCUT2D eigenvalue weighted by Gasteiger charge is 2.44. The SMILES string of the molecule is O=C(/C=C/c1ccccc1)C1=C(O)C(=O)N(c2nccs2)C1c1ccc(Cl)cc1. The highest BCUT2D eigenvalue weighted by atomic mass is 35.5. The Kier molecular flexibility index (Phi) is 5.29. The molecule has 1 aromatic heterocycles. The van der Waals surface area contributed by atoms with Crippen LogP contribution in [0.2, 0.25) is 5.02 Å². The minimum Gasteiger partial charge on any atom is -0.503 e. The van der Waals surface area contributed by atoms with Crippen LogP contribution < -0.4 is 4.90 Å². The molecule has 0 saturated heterocycles. The fraction of sp³-hybridized carbons (Fsp3) is 0.0455. The first-order valence-corrected chi connectivity index (χ1v) is 10.0. The number of hydrogen-bond acceptors (Lipinski definition) is 5. The highest BCUT2D eigenvalue weighted by Crippen LogP contribution is 2.41. The van der Waals surface area contributed by atoms with Crippen LogP contribution in [0.3, 0.4) is 0 Å². The van der Waals surface area contributed by atoms with Crippen LogP contribution in [0.1, 0.15) is 17.2 Å². The molecule has 2 aromatic carbocycles. The quantitative estimate of drug-likeness (QED) is 0.589. The molecule has 4 rings (SSSR count). The van der Waals surface area contributed by atoms with Gasteiger partial charge in [-0.2, -0.15) is 0 Å². The molecule has 7 heteroatoms. The van der Waals surface area contributed by atoms with Gasteiger partial charge in [-0.05, 0) is 29.3 Å². The van der Waals surface area contributed by atoms with Crippen molar-refractivity contribution in [1.29, 1.82) is 0 Å². The van der Waals surface area contributed by atoms with Gasteiger partial charge in [0.25, 0.3) is 5.91 Å². The number of nitrogens with zero attached hydrogens (tertiary/aromatic N) is 2. The summed E-state index contributed by atoms with van der Waals surface area (Å²) in [5, 5.41) is 13.2. The molecule has 0 fully saturated rings. The van der Waals surface area contributed by atoms with Crippen molar-refractivity contribution in [2.75, 3.05) is 4.90 Å². The molecule has 1 aliphatic heterocycles. The summed E-state index contributed by atoms with van der Waals surface area (Å²) in [6.07, 6.45) is 4.58. The zero-order valence-corrected chi connectivity index (χ0v) is 16.6. The molecule has 1 aliphatic rings. The van der Waals surface area contributed by atoms with E-state index in [9.17, 15) is 14.7 Å². The van der Waals surface area contributed by atoms with E-state index in [4.69, 9.17) is 11.6 Å². The molecular weight excluding hydrogens is 408 g/mol. The molecule has 0 aliphatic carbocycles. The van der Waals surface area contributed by atoms with Gasteiger partial charge in [0.1, 0.15) is 0 Å². The second-order valence-electron chi connectivity index (χ2n) is 6.31. The van der Waals surface area contributed by atoms with Crippen LogP contribution in [-0.2, 0) is 9.59 Å². The van der Waals surface area contributed by atoms with Gasteiger partial charge in [0, 0.05) is 16.6 Å². The molecule has 29 heavy (non-hydrogen) atoms. The Balaban J connectivity index is 1.77. The second kappa shape index (κ2) is 8.03. The first-order valence-electron chi connectivity index (χ1n) is 8.75. The maximum Gasteiger partial charge on any atom is 0.296 e. The van der Waals surface area contributed by atoms with Crippen molar-refractivity contribution in [3.8, 4) is 0 Å². The van der Waals surface area contributed by atoms with Crippen molar-refractivity contribution >= 4 is 45.8 Å². The number of aliphatic hydroxyl groups excluding tert-OH is 1. The molecule has 0 bridgehead atoms. The van der Waals surface area contributed by atoms with E-state index in [1.165, 1.54) is 22.3 Å². The highest BCUT2D eigenvalue weighted by molar-refractivity contribution is 7.13. The number of thiazole rings is 1. The lowest BCUT2D eigenvalue weighted by atomic mass is 9.96. The van der Waals surface area contributed by atoms with Gasteiger partial charge in [-0.3, -0.25) is 14.5 Å². The van der Waals surface area contributed by atoms with Crippen LogP contribution in [0.5, 0.6) is 0 Å². The number of carbonyl (C=O) groups is 2. The molecule has 1 unspecified atom stereocenters. The van der Waals surface area contributed by atoms with Crippen LogP contribution >= 0.6 is 22.9 Å². The zero-order valence-electron chi connectivity index (χ0n) is 15.0. The lowest BCUT2D eigenvalue weighted by Gasteiger charge is -2.24. The van der Waals surface area contributed by atoms with E-state index in [0.29, 0.717) is 15.7 Å². The Morgan fingerprint density at radius 2 is 1.86 bits per heavy atom. The van der Waals surface area contributed by atoms with E-state index in [1.54, 1.807) is 41.9 Å². The normalized spacial score (nSPS) is 16.8.